The molecule has 10 nitrogen and oxygen atoms in total. The molecule has 0 saturated carbocycles. The van der Waals surface area contributed by atoms with Crippen LogP contribution in [0.5, 0.6) is 0 Å². The zero-order valence-corrected chi connectivity index (χ0v) is 20.1. The van der Waals surface area contributed by atoms with Gasteiger partial charge in [-0.1, -0.05) is 0 Å². The van der Waals surface area contributed by atoms with Gasteiger partial charge in [-0.2, -0.15) is 5.10 Å². The highest BCUT2D eigenvalue weighted by atomic mass is 32.2. The molecule has 0 spiro atoms. The minimum atomic E-state index is -0.382. The largest absolute Gasteiger partial charge is 0.341 e. The predicted octanol–water partition coefficient (Wildman–Crippen LogP) is 2.90. The molecule has 0 unspecified atom stereocenters. The SMILES string of the molecule is Cc1cc(CNCC2CCN(c3nccc(/C=C4/SC(=O)NC4=O)n3)CC2)nc(-c2cn[nH]c2)c1. The number of nitrogens with one attached hydrogen (secondary N) is 3. The number of imide groups is 1. The number of nitrogens with zero attached hydrogens (tertiary/aromatic N) is 5. The lowest BCUT2D eigenvalue weighted by atomic mass is 9.97. The van der Waals surface area contributed by atoms with E-state index in [1.54, 1.807) is 24.5 Å². The first-order chi connectivity index (χ1) is 17.0. The number of aromatic nitrogens is 5. The third-order valence-electron chi connectivity index (χ3n) is 6.04. The molecule has 0 aliphatic carbocycles. The van der Waals surface area contributed by atoms with Gasteiger partial charge < -0.3 is 10.2 Å². The van der Waals surface area contributed by atoms with Crippen molar-refractivity contribution in [1.82, 2.24) is 35.8 Å². The smallest absolute Gasteiger partial charge is 0.290 e. The maximum Gasteiger partial charge on any atom is 0.290 e. The molecular formula is C24H26N8O2S. The second kappa shape index (κ2) is 10.4. The van der Waals surface area contributed by atoms with Crippen molar-refractivity contribution in [3.05, 3.63) is 58.6 Å². The number of piperidine rings is 1. The Hall–Kier alpha value is -3.57. The highest BCUT2D eigenvalue weighted by molar-refractivity contribution is 8.18. The van der Waals surface area contributed by atoms with E-state index in [1.165, 1.54) is 5.56 Å². The van der Waals surface area contributed by atoms with Gasteiger partial charge in [0.1, 0.15) is 0 Å². The van der Waals surface area contributed by atoms with Crippen LogP contribution in [0.2, 0.25) is 0 Å². The topological polar surface area (TPSA) is 129 Å². The van der Waals surface area contributed by atoms with E-state index >= 15 is 0 Å². The fourth-order valence-electron chi connectivity index (χ4n) is 4.26. The quantitative estimate of drug-likeness (QED) is 0.428. The lowest BCUT2D eigenvalue weighted by Crippen LogP contribution is -2.38. The van der Waals surface area contributed by atoms with Crippen LogP contribution in [-0.2, 0) is 11.3 Å². The van der Waals surface area contributed by atoms with Crippen LogP contribution in [0.3, 0.4) is 0 Å². The van der Waals surface area contributed by atoms with Crippen LogP contribution in [0.1, 0.15) is 29.8 Å². The molecular weight excluding hydrogens is 464 g/mol. The number of aryl methyl sites for hydroxylation is 1. The molecule has 0 atom stereocenters. The number of carbonyl (C=O) groups excluding carboxylic acids is 2. The molecule has 2 aliphatic rings. The zero-order chi connectivity index (χ0) is 24.2. The average molecular weight is 491 g/mol. The summed E-state index contributed by atoms with van der Waals surface area (Å²) in [5.41, 5.74) is 4.74. The van der Waals surface area contributed by atoms with E-state index in [0.29, 0.717) is 22.5 Å². The van der Waals surface area contributed by atoms with Crippen LogP contribution >= 0.6 is 11.8 Å². The van der Waals surface area contributed by atoms with Crippen molar-refractivity contribution >= 4 is 34.9 Å². The Balaban J connectivity index is 1.12. The van der Waals surface area contributed by atoms with E-state index in [1.807, 2.05) is 6.20 Å². The second-order valence-corrected chi connectivity index (χ2v) is 9.72. The molecule has 5 rings (SSSR count). The lowest BCUT2D eigenvalue weighted by Gasteiger charge is -2.32. The van der Waals surface area contributed by atoms with Gasteiger partial charge in [0.2, 0.25) is 5.95 Å². The normalized spacial score (nSPS) is 17.9. The molecule has 0 bridgehead atoms. The number of thioether (sulfide) groups is 1. The molecule has 2 aliphatic heterocycles. The Kier molecular flexibility index (Phi) is 6.87. The van der Waals surface area contributed by atoms with Gasteiger partial charge in [0, 0.05) is 37.6 Å². The zero-order valence-electron chi connectivity index (χ0n) is 19.3. The molecule has 2 amide bonds. The molecule has 3 N–H and O–H groups in total. The fourth-order valence-corrected chi connectivity index (χ4v) is 4.93. The summed E-state index contributed by atoms with van der Waals surface area (Å²) in [6.07, 6.45) is 9.03. The fraction of sp³-hybridized carbons (Fsp3) is 0.333. The van der Waals surface area contributed by atoms with E-state index in [0.717, 1.165) is 67.7 Å². The van der Waals surface area contributed by atoms with Crippen LogP contribution in [0.4, 0.5) is 10.7 Å². The van der Waals surface area contributed by atoms with Crippen molar-refractivity contribution in [2.45, 2.75) is 26.3 Å². The van der Waals surface area contributed by atoms with Crippen molar-refractivity contribution in [2.24, 2.45) is 5.92 Å². The lowest BCUT2D eigenvalue weighted by molar-refractivity contribution is -0.115. The van der Waals surface area contributed by atoms with Crippen molar-refractivity contribution in [3.8, 4) is 11.3 Å². The van der Waals surface area contributed by atoms with Gasteiger partial charge in [-0.25, -0.2) is 9.97 Å². The minimum Gasteiger partial charge on any atom is -0.341 e. The van der Waals surface area contributed by atoms with Gasteiger partial charge in [0.25, 0.3) is 11.1 Å². The average Bonchev–Trinajstić information content (AvgIpc) is 3.49. The summed E-state index contributed by atoms with van der Waals surface area (Å²) in [5.74, 6) is 0.836. The maximum atomic E-state index is 11.8. The molecule has 5 heterocycles. The Morgan fingerprint density at radius 1 is 1.23 bits per heavy atom. The number of anilines is 1. The standard InChI is InChI=1S/C24H26N8O2S/c1-15-8-19(29-20(9-15)17-12-27-28-13-17)14-25-11-16-3-6-32(7-4-16)23-26-5-2-18(30-23)10-21-22(33)31-24(34)35-21/h2,5,8-10,12-13,16,25H,3-4,6-7,11,14H2,1H3,(H,27,28)(H,31,33,34)/b21-10+. The predicted molar refractivity (Wildman–Crippen MR) is 134 cm³/mol. The van der Waals surface area contributed by atoms with Crippen molar-refractivity contribution < 1.29 is 9.59 Å². The second-order valence-electron chi connectivity index (χ2n) is 8.70. The highest BCUT2D eigenvalue weighted by Crippen LogP contribution is 2.26. The third kappa shape index (κ3) is 5.75. The number of rotatable bonds is 7. The molecule has 3 aromatic rings. The molecule has 0 radical (unpaired) electrons. The minimum absolute atomic E-state index is 0.351. The van der Waals surface area contributed by atoms with Crippen LogP contribution in [0.15, 0.2) is 41.7 Å². The summed E-state index contributed by atoms with van der Waals surface area (Å²) in [4.78, 5) is 39.5. The van der Waals surface area contributed by atoms with Crippen LogP contribution in [0.25, 0.3) is 17.3 Å². The van der Waals surface area contributed by atoms with Crippen molar-refractivity contribution in [1.29, 1.82) is 0 Å². The molecule has 2 saturated heterocycles. The van der Waals surface area contributed by atoms with Crippen molar-refractivity contribution in [3.63, 3.8) is 0 Å². The number of hydrogen-bond acceptors (Lipinski definition) is 9. The number of carbonyl (C=O) groups is 2. The number of amides is 2. The van der Waals surface area contributed by atoms with Crippen LogP contribution in [-0.4, -0.2) is 55.9 Å². The first-order valence-electron chi connectivity index (χ1n) is 11.5. The van der Waals surface area contributed by atoms with Crippen LogP contribution in [0, 0.1) is 12.8 Å². The molecule has 3 aromatic heterocycles. The summed E-state index contributed by atoms with van der Waals surface area (Å²) in [7, 11) is 0. The number of H-pyrrole nitrogens is 1. The van der Waals surface area contributed by atoms with Gasteiger partial charge in [0.05, 0.1) is 28.2 Å². The Morgan fingerprint density at radius 3 is 2.83 bits per heavy atom. The van der Waals surface area contributed by atoms with Crippen molar-refractivity contribution in [2.75, 3.05) is 24.5 Å². The van der Waals surface area contributed by atoms with Gasteiger partial charge in [-0.05, 0) is 73.8 Å². The van der Waals surface area contributed by atoms with E-state index in [2.05, 4.69) is 54.8 Å². The van der Waals surface area contributed by atoms with Crippen LogP contribution < -0.4 is 15.5 Å². The number of aromatic amines is 1. The summed E-state index contributed by atoms with van der Waals surface area (Å²) in [6, 6.07) is 5.92. The number of hydrogen-bond donors (Lipinski definition) is 3. The molecule has 35 heavy (non-hydrogen) atoms. The van der Waals surface area contributed by atoms with Gasteiger partial charge in [-0.3, -0.25) is 25.0 Å². The summed E-state index contributed by atoms with van der Waals surface area (Å²) in [6.45, 7) is 5.47. The first-order valence-corrected chi connectivity index (χ1v) is 12.4. The molecule has 180 valence electrons. The molecule has 2 fully saturated rings. The van der Waals surface area contributed by atoms with Gasteiger partial charge in [0.15, 0.2) is 0 Å². The first kappa shape index (κ1) is 23.2. The van der Waals surface area contributed by atoms with Gasteiger partial charge >= 0.3 is 0 Å². The number of pyridine rings is 1. The highest BCUT2D eigenvalue weighted by Gasteiger charge is 2.25. The Labute approximate surface area is 207 Å². The molecule has 11 heteroatoms. The Morgan fingerprint density at radius 2 is 2.09 bits per heavy atom. The van der Waals surface area contributed by atoms with E-state index < -0.39 is 0 Å². The monoisotopic (exact) mass is 490 g/mol. The maximum absolute atomic E-state index is 11.8. The summed E-state index contributed by atoms with van der Waals surface area (Å²) >= 11 is 0.889. The van der Waals surface area contributed by atoms with E-state index in [4.69, 9.17) is 4.98 Å². The summed E-state index contributed by atoms with van der Waals surface area (Å²) < 4.78 is 0. The van der Waals surface area contributed by atoms with Gasteiger partial charge in [-0.15, -0.1) is 0 Å². The van der Waals surface area contributed by atoms with E-state index in [-0.39, 0.29) is 11.1 Å². The Bertz CT molecular complexity index is 1250. The third-order valence-corrected chi connectivity index (χ3v) is 6.85. The summed E-state index contributed by atoms with van der Waals surface area (Å²) in [5, 5.41) is 12.3. The molecule has 0 aromatic carbocycles. The van der Waals surface area contributed by atoms with E-state index in [9.17, 15) is 9.59 Å².